The van der Waals surface area contributed by atoms with Gasteiger partial charge in [-0.1, -0.05) is 0 Å². The number of imidazole rings is 1. The molecule has 6 nitrogen and oxygen atoms in total. The Kier molecular flexibility index (Phi) is 5.10. The van der Waals surface area contributed by atoms with Crippen molar-refractivity contribution in [2.75, 3.05) is 6.61 Å². The van der Waals surface area contributed by atoms with Gasteiger partial charge in [0.05, 0.1) is 0 Å². The number of aliphatic hydroxyl groups is 1. The summed E-state index contributed by atoms with van der Waals surface area (Å²) in [6.07, 6.45) is 2.22. The molecule has 25 heavy (non-hydrogen) atoms. The Balaban J connectivity index is 1.79. The molecule has 0 aliphatic heterocycles. The van der Waals surface area contributed by atoms with Gasteiger partial charge in [0.2, 0.25) is 0 Å². The molecule has 10 heteroatoms. The van der Waals surface area contributed by atoms with Crippen LogP contribution in [0.25, 0.3) is 21.4 Å². The molecule has 3 heterocycles. The average molecular weight is 498 g/mol. The van der Waals surface area contributed by atoms with Gasteiger partial charge in [-0.3, -0.25) is 0 Å². The third kappa shape index (κ3) is 3.36. The Labute approximate surface area is 168 Å². The monoisotopic (exact) mass is 497 g/mol. The Morgan fingerprint density at radius 2 is 2.16 bits per heavy atom. The van der Waals surface area contributed by atoms with Crippen LogP contribution < -0.4 is 4.48 Å². The summed E-state index contributed by atoms with van der Waals surface area (Å²) in [6.45, 7) is 0.791. The quantitative estimate of drug-likeness (QED) is 0.425. The Morgan fingerprint density at radius 1 is 1.28 bits per heavy atom. The van der Waals surface area contributed by atoms with Gasteiger partial charge in [-0.2, -0.15) is 0 Å². The second kappa shape index (κ2) is 7.32. The number of aryl methyl sites for hydroxylation is 1. The van der Waals surface area contributed by atoms with E-state index >= 15 is 0 Å². The zero-order chi connectivity index (χ0) is 17.4. The summed E-state index contributed by atoms with van der Waals surface area (Å²) in [5.74, 6) is 0. The Hall–Kier alpha value is -0.992. The molecule has 3 aromatic heterocycles. The molecular formula is C15H13AsBrN5OS2. The topological polar surface area (TPSA) is 76.7 Å². The fourth-order valence-corrected chi connectivity index (χ4v) is 5.67. The normalized spacial score (nSPS) is 11.6. The molecule has 0 saturated heterocycles. The Morgan fingerprint density at radius 3 is 2.96 bits per heavy atom. The number of thiazole rings is 1. The summed E-state index contributed by atoms with van der Waals surface area (Å²) in [5, 5.41) is 10.0. The number of aromatic nitrogens is 5. The van der Waals surface area contributed by atoms with Gasteiger partial charge in [0.25, 0.3) is 0 Å². The van der Waals surface area contributed by atoms with E-state index in [0.717, 1.165) is 39.8 Å². The third-order valence-corrected chi connectivity index (χ3v) is 7.56. The first-order valence-electron chi connectivity index (χ1n) is 7.48. The van der Waals surface area contributed by atoms with Crippen molar-refractivity contribution in [3.63, 3.8) is 0 Å². The number of aliphatic hydroxyl groups excluding tert-OH is 1. The van der Waals surface area contributed by atoms with E-state index < -0.39 is 0 Å². The number of hydrogen-bond donors (Lipinski definition) is 1. The van der Waals surface area contributed by atoms with Crippen LogP contribution in [0.3, 0.4) is 0 Å². The van der Waals surface area contributed by atoms with E-state index in [9.17, 15) is 5.11 Å². The minimum atomic E-state index is 0.131. The van der Waals surface area contributed by atoms with E-state index in [1.165, 1.54) is 28.6 Å². The SMILES string of the molecule is OCCCn1c(Sc2nc3cccc(Br)c3s2)nc2c([AsH2])ncnc21. The van der Waals surface area contributed by atoms with Crippen molar-refractivity contribution in [3.05, 3.63) is 29.0 Å². The molecule has 0 saturated carbocycles. The molecule has 0 aliphatic rings. The summed E-state index contributed by atoms with van der Waals surface area (Å²) in [6, 6.07) is 6.01. The van der Waals surface area contributed by atoms with Crippen LogP contribution in [-0.4, -0.2) is 53.1 Å². The second-order valence-electron chi connectivity index (χ2n) is 5.22. The summed E-state index contributed by atoms with van der Waals surface area (Å²) >= 11 is 8.17. The van der Waals surface area contributed by atoms with Crippen LogP contribution in [0.5, 0.6) is 0 Å². The fraction of sp³-hybridized carbons (Fsp3) is 0.200. The molecular weight excluding hydrogens is 485 g/mol. The van der Waals surface area contributed by atoms with Gasteiger partial charge in [0.1, 0.15) is 0 Å². The molecule has 0 aliphatic carbocycles. The third-order valence-electron chi connectivity index (χ3n) is 3.59. The molecule has 4 aromatic rings. The summed E-state index contributed by atoms with van der Waals surface area (Å²) in [5.41, 5.74) is 2.61. The van der Waals surface area contributed by atoms with Crippen molar-refractivity contribution in [2.45, 2.75) is 22.5 Å². The molecule has 1 aromatic carbocycles. The molecule has 0 amide bonds. The van der Waals surface area contributed by atoms with Gasteiger partial charge in [0.15, 0.2) is 0 Å². The van der Waals surface area contributed by atoms with Crippen molar-refractivity contribution in [2.24, 2.45) is 0 Å². The first-order chi connectivity index (χ1) is 12.2. The van der Waals surface area contributed by atoms with Gasteiger partial charge in [-0.15, -0.1) is 0 Å². The number of nitrogens with zero attached hydrogens (tertiary/aromatic N) is 5. The number of hydrogen-bond acceptors (Lipinski definition) is 7. The molecule has 0 bridgehead atoms. The number of fused-ring (bicyclic) bond motifs is 2. The van der Waals surface area contributed by atoms with Gasteiger partial charge in [0, 0.05) is 0 Å². The standard InChI is InChI=1S/C15H13AsBrN5OS2/c16-12-10-13(19-7-18-12)22(5-2-6-23)14(21-10)25-15-20-9-4-1-3-8(17)11(9)24-15/h1,3-4,7,23H,2,5-6,16H2. The van der Waals surface area contributed by atoms with Crippen LogP contribution in [0.1, 0.15) is 6.42 Å². The van der Waals surface area contributed by atoms with E-state index in [4.69, 9.17) is 9.97 Å². The molecule has 0 fully saturated rings. The van der Waals surface area contributed by atoms with Crippen molar-refractivity contribution in [3.8, 4) is 0 Å². The first kappa shape index (κ1) is 17.4. The summed E-state index contributed by atoms with van der Waals surface area (Å²) in [7, 11) is 0. The van der Waals surface area contributed by atoms with Crippen LogP contribution in [0.2, 0.25) is 0 Å². The number of halogens is 1. The van der Waals surface area contributed by atoms with E-state index in [2.05, 4.69) is 25.9 Å². The van der Waals surface area contributed by atoms with Crippen LogP contribution in [0, 0.1) is 0 Å². The van der Waals surface area contributed by atoms with E-state index in [1.807, 2.05) is 22.8 Å². The molecule has 1 N–H and O–H groups in total. The minimum absolute atomic E-state index is 0.131. The van der Waals surface area contributed by atoms with Crippen molar-refractivity contribution >= 4 is 81.7 Å². The Bertz CT molecular complexity index is 1070. The van der Waals surface area contributed by atoms with E-state index in [-0.39, 0.29) is 6.61 Å². The predicted molar refractivity (Wildman–Crippen MR) is 107 cm³/mol. The van der Waals surface area contributed by atoms with Crippen LogP contribution in [0.15, 0.2) is 38.5 Å². The van der Waals surface area contributed by atoms with Gasteiger partial charge in [-0.25, -0.2) is 0 Å². The van der Waals surface area contributed by atoms with Crippen molar-refractivity contribution in [1.29, 1.82) is 0 Å². The second-order valence-corrected chi connectivity index (χ2v) is 9.44. The molecule has 0 radical (unpaired) electrons. The van der Waals surface area contributed by atoms with Crippen LogP contribution >= 0.6 is 39.0 Å². The first-order valence-corrected chi connectivity index (χ1v) is 11.1. The van der Waals surface area contributed by atoms with E-state index in [1.54, 1.807) is 17.7 Å². The van der Waals surface area contributed by atoms with Gasteiger partial charge >= 0.3 is 169 Å². The number of rotatable bonds is 5. The van der Waals surface area contributed by atoms with Crippen LogP contribution in [-0.2, 0) is 6.54 Å². The molecule has 1 unspecified atom stereocenters. The molecule has 0 spiro atoms. The summed E-state index contributed by atoms with van der Waals surface area (Å²) < 4.78 is 6.06. The molecule has 4 rings (SSSR count). The van der Waals surface area contributed by atoms with E-state index in [0.29, 0.717) is 13.0 Å². The fourth-order valence-electron chi connectivity index (χ4n) is 2.46. The van der Waals surface area contributed by atoms with Crippen molar-refractivity contribution < 1.29 is 5.11 Å². The predicted octanol–water partition coefficient (Wildman–Crippen LogP) is 1.99. The van der Waals surface area contributed by atoms with Gasteiger partial charge in [-0.05, 0) is 0 Å². The van der Waals surface area contributed by atoms with Crippen molar-refractivity contribution in [1.82, 2.24) is 24.5 Å². The summed E-state index contributed by atoms with van der Waals surface area (Å²) in [4.78, 5) is 18.1. The molecule has 128 valence electrons. The maximum atomic E-state index is 9.21. The van der Waals surface area contributed by atoms with Gasteiger partial charge < -0.3 is 0 Å². The maximum absolute atomic E-state index is 9.21. The molecule has 1 atom stereocenters. The average Bonchev–Trinajstić information content (AvgIpc) is 3.16. The number of benzene rings is 1. The zero-order valence-corrected chi connectivity index (χ0v) is 18.5. The zero-order valence-electron chi connectivity index (χ0n) is 12.9. The van der Waals surface area contributed by atoms with Crippen LogP contribution in [0.4, 0.5) is 0 Å².